The standard InChI is InChI=1S/C27H25N3O4/c1-27(2)14-19-22(20(31)15-27)21(23-24(28-19)29(3)26(33)30(4)25(23)32)16-9-8-12-18(13-16)34-17-10-6-5-7-11-17/h5-13H,14-15H2,1-4H3/p+1. The molecule has 2 aromatic heterocycles. The summed E-state index contributed by atoms with van der Waals surface area (Å²) in [5.41, 5.74) is 1.78. The van der Waals surface area contributed by atoms with Crippen molar-refractivity contribution in [3.05, 3.63) is 86.7 Å². The summed E-state index contributed by atoms with van der Waals surface area (Å²) in [6.45, 7) is 4.09. The Morgan fingerprint density at radius 3 is 2.29 bits per heavy atom. The predicted octanol–water partition coefficient (Wildman–Crippen LogP) is 3.67. The number of nitrogens with one attached hydrogen (secondary N) is 1. The third-order valence-corrected chi connectivity index (χ3v) is 6.41. The van der Waals surface area contributed by atoms with Gasteiger partial charge in [-0.3, -0.25) is 9.59 Å². The van der Waals surface area contributed by atoms with Gasteiger partial charge in [-0.25, -0.2) is 14.3 Å². The molecule has 1 aliphatic carbocycles. The van der Waals surface area contributed by atoms with Crippen molar-refractivity contribution in [1.82, 2.24) is 9.13 Å². The molecule has 0 bridgehead atoms. The lowest BCUT2D eigenvalue weighted by molar-refractivity contribution is -0.365. The lowest BCUT2D eigenvalue weighted by Gasteiger charge is -2.29. The van der Waals surface area contributed by atoms with Crippen LogP contribution < -0.4 is 21.0 Å². The summed E-state index contributed by atoms with van der Waals surface area (Å²) >= 11 is 0. The van der Waals surface area contributed by atoms with Crippen molar-refractivity contribution in [2.24, 2.45) is 19.5 Å². The molecular weight excluding hydrogens is 430 g/mol. The van der Waals surface area contributed by atoms with Gasteiger partial charge in [0, 0.05) is 25.5 Å². The molecular formula is C27H26N3O4+. The van der Waals surface area contributed by atoms with Gasteiger partial charge < -0.3 is 4.74 Å². The number of aryl methyl sites for hydroxylation is 1. The minimum atomic E-state index is -0.445. The van der Waals surface area contributed by atoms with Crippen molar-refractivity contribution in [2.75, 3.05) is 0 Å². The number of nitrogens with zero attached hydrogens (tertiary/aromatic N) is 2. The Morgan fingerprint density at radius 2 is 1.56 bits per heavy atom. The first-order chi connectivity index (χ1) is 16.2. The second-order valence-corrected chi connectivity index (χ2v) is 9.67. The molecule has 34 heavy (non-hydrogen) atoms. The molecule has 7 nitrogen and oxygen atoms in total. The quantitative estimate of drug-likeness (QED) is 0.471. The third kappa shape index (κ3) is 3.53. The normalized spacial score (nSPS) is 14.8. The van der Waals surface area contributed by atoms with Gasteiger partial charge in [-0.2, -0.15) is 4.57 Å². The Kier molecular flexibility index (Phi) is 5.01. The molecule has 0 amide bonds. The number of aromatic nitrogens is 3. The van der Waals surface area contributed by atoms with E-state index in [9.17, 15) is 14.4 Å². The molecule has 0 saturated heterocycles. The van der Waals surface area contributed by atoms with Crippen LogP contribution in [0.25, 0.3) is 22.2 Å². The van der Waals surface area contributed by atoms with Crippen LogP contribution in [0.1, 0.15) is 36.3 Å². The van der Waals surface area contributed by atoms with Crippen LogP contribution in [0.15, 0.2) is 64.2 Å². The lowest BCUT2D eigenvalue weighted by atomic mass is 9.73. The number of ether oxygens (including phenoxy) is 1. The maximum absolute atomic E-state index is 13.4. The molecule has 1 aliphatic rings. The number of aromatic amines is 1. The highest BCUT2D eigenvalue weighted by molar-refractivity contribution is 6.10. The zero-order valence-corrected chi connectivity index (χ0v) is 19.6. The van der Waals surface area contributed by atoms with Crippen LogP contribution in [-0.4, -0.2) is 14.9 Å². The minimum absolute atomic E-state index is 0.0234. The molecule has 0 radical (unpaired) electrons. The van der Waals surface area contributed by atoms with Crippen LogP contribution in [0.4, 0.5) is 0 Å². The number of ketones is 1. The fourth-order valence-electron chi connectivity index (χ4n) is 4.83. The van der Waals surface area contributed by atoms with E-state index in [0.717, 1.165) is 10.3 Å². The van der Waals surface area contributed by atoms with E-state index in [1.165, 1.54) is 11.6 Å². The fourth-order valence-corrected chi connectivity index (χ4v) is 4.83. The Bertz CT molecular complexity index is 1580. The monoisotopic (exact) mass is 456 g/mol. The fraction of sp³-hybridized carbons (Fsp3) is 0.259. The van der Waals surface area contributed by atoms with Gasteiger partial charge in [0.1, 0.15) is 22.6 Å². The lowest BCUT2D eigenvalue weighted by Crippen LogP contribution is -2.42. The molecule has 0 saturated carbocycles. The molecule has 0 unspecified atom stereocenters. The molecule has 0 aliphatic heterocycles. The number of Topliss-reactive ketones (excluding diaryl/α,β-unsaturated/α-hetero) is 1. The summed E-state index contributed by atoms with van der Waals surface area (Å²) in [7, 11) is 3.08. The maximum Gasteiger partial charge on any atom is 0.417 e. The van der Waals surface area contributed by atoms with E-state index >= 15 is 0 Å². The van der Waals surface area contributed by atoms with Crippen molar-refractivity contribution in [1.29, 1.82) is 0 Å². The van der Waals surface area contributed by atoms with E-state index < -0.39 is 11.2 Å². The summed E-state index contributed by atoms with van der Waals surface area (Å²) in [6.07, 6.45) is 0.999. The number of carbonyl (C=O) groups excluding carboxylic acids is 1. The molecule has 5 rings (SSSR count). The van der Waals surface area contributed by atoms with Gasteiger partial charge in [0.2, 0.25) is 0 Å². The van der Waals surface area contributed by atoms with E-state index in [-0.39, 0.29) is 11.2 Å². The topological polar surface area (TPSA) is 84.4 Å². The van der Waals surface area contributed by atoms with Gasteiger partial charge in [-0.1, -0.05) is 44.2 Å². The SMILES string of the molecule is Cn1c(=O)c2c(-c3cccc(Oc4ccccc4)c3)c3c([nH+]c2n(C)c1=O)CC(C)(C)CC3=O. The number of fused-ring (bicyclic) bond motifs is 2. The maximum atomic E-state index is 13.4. The third-order valence-electron chi connectivity index (χ3n) is 6.41. The first kappa shape index (κ1) is 21.8. The number of carbonyl (C=O) groups is 1. The largest absolute Gasteiger partial charge is 0.457 e. The van der Waals surface area contributed by atoms with E-state index in [4.69, 9.17) is 4.74 Å². The first-order valence-electron chi connectivity index (χ1n) is 11.2. The van der Waals surface area contributed by atoms with Crippen molar-refractivity contribution >= 4 is 16.8 Å². The number of rotatable bonds is 3. The van der Waals surface area contributed by atoms with Crippen molar-refractivity contribution in [3.8, 4) is 22.6 Å². The van der Waals surface area contributed by atoms with Crippen LogP contribution in [0.5, 0.6) is 11.5 Å². The smallest absolute Gasteiger partial charge is 0.417 e. The van der Waals surface area contributed by atoms with Crippen LogP contribution >= 0.6 is 0 Å². The molecule has 0 fully saturated rings. The summed E-state index contributed by atoms with van der Waals surface area (Å²) in [5, 5.41) is 0.313. The Labute approximate surface area is 196 Å². The van der Waals surface area contributed by atoms with E-state index in [0.29, 0.717) is 52.1 Å². The molecule has 7 heteroatoms. The number of hydrogen-bond acceptors (Lipinski definition) is 4. The number of H-pyrrole nitrogens is 1. The summed E-state index contributed by atoms with van der Waals surface area (Å²) < 4.78 is 8.53. The zero-order chi connectivity index (χ0) is 24.2. The molecule has 2 heterocycles. The van der Waals surface area contributed by atoms with E-state index in [1.807, 2.05) is 68.4 Å². The van der Waals surface area contributed by atoms with Crippen molar-refractivity contribution < 1.29 is 14.5 Å². The highest BCUT2D eigenvalue weighted by atomic mass is 16.5. The first-order valence-corrected chi connectivity index (χ1v) is 11.2. The minimum Gasteiger partial charge on any atom is -0.457 e. The van der Waals surface area contributed by atoms with Crippen LogP contribution in [0.3, 0.4) is 0 Å². The number of pyridine rings is 1. The molecule has 0 spiro atoms. The Balaban J connectivity index is 1.84. The second kappa shape index (κ2) is 7.80. The van der Waals surface area contributed by atoms with Gasteiger partial charge >= 0.3 is 5.69 Å². The Morgan fingerprint density at radius 1 is 0.853 bits per heavy atom. The van der Waals surface area contributed by atoms with Crippen molar-refractivity contribution in [2.45, 2.75) is 26.7 Å². The van der Waals surface area contributed by atoms with Gasteiger partial charge in [-0.05, 0) is 35.2 Å². The summed E-state index contributed by atoms with van der Waals surface area (Å²) in [4.78, 5) is 42.8. The predicted molar refractivity (Wildman–Crippen MR) is 129 cm³/mol. The molecule has 4 aromatic rings. The van der Waals surface area contributed by atoms with Gasteiger partial charge in [0.15, 0.2) is 5.78 Å². The summed E-state index contributed by atoms with van der Waals surface area (Å²) in [6, 6.07) is 16.8. The van der Waals surface area contributed by atoms with E-state index in [2.05, 4.69) is 4.98 Å². The van der Waals surface area contributed by atoms with Crippen molar-refractivity contribution in [3.63, 3.8) is 0 Å². The summed E-state index contributed by atoms with van der Waals surface area (Å²) in [5.74, 6) is 1.25. The second-order valence-electron chi connectivity index (χ2n) is 9.67. The molecule has 172 valence electrons. The Hall–Kier alpha value is -4.00. The van der Waals surface area contributed by atoms with Gasteiger partial charge in [-0.15, -0.1) is 0 Å². The number of hydrogen-bond donors (Lipinski definition) is 0. The number of para-hydroxylation sites is 1. The number of benzene rings is 2. The highest BCUT2D eigenvalue weighted by Gasteiger charge is 2.38. The average molecular weight is 457 g/mol. The van der Waals surface area contributed by atoms with Crippen LogP contribution in [0.2, 0.25) is 0 Å². The highest BCUT2D eigenvalue weighted by Crippen LogP contribution is 2.40. The average Bonchev–Trinajstić information content (AvgIpc) is 2.80. The molecule has 2 aromatic carbocycles. The van der Waals surface area contributed by atoms with Gasteiger partial charge in [0.05, 0.1) is 12.6 Å². The van der Waals surface area contributed by atoms with Crippen LogP contribution in [0, 0.1) is 5.41 Å². The van der Waals surface area contributed by atoms with Gasteiger partial charge in [0.25, 0.3) is 11.2 Å². The molecule has 0 atom stereocenters. The zero-order valence-electron chi connectivity index (χ0n) is 19.6. The van der Waals surface area contributed by atoms with Crippen LogP contribution in [-0.2, 0) is 20.5 Å². The molecule has 1 N–H and O–H groups in total. The van der Waals surface area contributed by atoms with E-state index in [1.54, 1.807) is 7.05 Å².